The molecular formula is C14H14N2O3. The van der Waals surface area contributed by atoms with Crippen molar-refractivity contribution < 1.29 is 14.7 Å². The number of allylic oxidation sites excluding steroid dienone is 1. The van der Waals surface area contributed by atoms with Crippen LogP contribution < -0.4 is 5.32 Å². The summed E-state index contributed by atoms with van der Waals surface area (Å²) in [4.78, 5) is 22.8. The second kappa shape index (κ2) is 6.97. The number of carbonyl (C=O) groups excluding carboxylic acids is 1. The third-order valence-corrected chi connectivity index (χ3v) is 2.54. The molecule has 0 bridgehead atoms. The smallest absolute Gasteiger partial charge is 0.326 e. The van der Waals surface area contributed by atoms with Gasteiger partial charge in [-0.15, -0.1) is 6.58 Å². The molecule has 1 rings (SSSR count). The lowest BCUT2D eigenvalue weighted by molar-refractivity contribution is -0.139. The highest BCUT2D eigenvalue weighted by Crippen LogP contribution is 2.05. The summed E-state index contributed by atoms with van der Waals surface area (Å²) in [5, 5.41) is 20.1. The molecule has 1 atom stereocenters. The Morgan fingerprint density at radius 2 is 2.05 bits per heavy atom. The van der Waals surface area contributed by atoms with Gasteiger partial charge in [0.05, 0.1) is 11.6 Å². The zero-order valence-electron chi connectivity index (χ0n) is 10.3. The first-order valence-corrected chi connectivity index (χ1v) is 5.73. The zero-order chi connectivity index (χ0) is 14.3. The average molecular weight is 258 g/mol. The van der Waals surface area contributed by atoms with Crippen molar-refractivity contribution in [2.45, 2.75) is 18.9 Å². The summed E-state index contributed by atoms with van der Waals surface area (Å²) in [6.45, 7) is 3.51. The molecule has 1 aromatic rings. The Bertz CT molecular complexity index is 514. The van der Waals surface area contributed by atoms with Crippen molar-refractivity contribution in [2.24, 2.45) is 0 Å². The standard InChI is InChI=1S/C14H14N2O3/c1-2-3-4-12(14(18)19)16-13(17)11-7-5-10(9-15)6-8-11/h2,5-8,12H,1,3-4H2,(H,16,17)(H,18,19)/t12-/m0/s1. The summed E-state index contributed by atoms with van der Waals surface area (Å²) in [7, 11) is 0. The van der Waals surface area contributed by atoms with E-state index in [0.29, 0.717) is 24.0 Å². The third kappa shape index (κ3) is 4.28. The fourth-order valence-corrected chi connectivity index (χ4v) is 1.48. The minimum atomic E-state index is -1.08. The summed E-state index contributed by atoms with van der Waals surface area (Å²) in [5.74, 6) is -1.55. The van der Waals surface area contributed by atoms with Gasteiger partial charge in [-0.3, -0.25) is 4.79 Å². The van der Waals surface area contributed by atoms with Crippen LogP contribution in [-0.2, 0) is 4.79 Å². The van der Waals surface area contributed by atoms with E-state index in [1.165, 1.54) is 24.3 Å². The molecule has 1 aromatic carbocycles. The zero-order valence-corrected chi connectivity index (χ0v) is 10.3. The largest absolute Gasteiger partial charge is 0.480 e. The van der Waals surface area contributed by atoms with Gasteiger partial charge in [0.25, 0.3) is 5.91 Å². The molecule has 98 valence electrons. The van der Waals surface area contributed by atoms with Crippen molar-refractivity contribution >= 4 is 11.9 Å². The van der Waals surface area contributed by atoms with Crippen molar-refractivity contribution in [3.63, 3.8) is 0 Å². The van der Waals surface area contributed by atoms with Gasteiger partial charge in [0.2, 0.25) is 0 Å². The van der Waals surface area contributed by atoms with Gasteiger partial charge in [-0.25, -0.2) is 4.79 Å². The maximum atomic E-state index is 11.8. The molecule has 0 aromatic heterocycles. The predicted octanol–water partition coefficient (Wildman–Crippen LogP) is 1.71. The van der Waals surface area contributed by atoms with Gasteiger partial charge in [-0.1, -0.05) is 6.08 Å². The SMILES string of the molecule is C=CCC[C@H](NC(=O)c1ccc(C#N)cc1)C(=O)O. The van der Waals surface area contributed by atoms with Crippen LogP contribution in [0.4, 0.5) is 0 Å². The molecule has 1 amide bonds. The minimum Gasteiger partial charge on any atom is -0.480 e. The van der Waals surface area contributed by atoms with Gasteiger partial charge in [0.1, 0.15) is 6.04 Å². The highest BCUT2D eigenvalue weighted by Gasteiger charge is 2.19. The van der Waals surface area contributed by atoms with Crippen LogP contribution in [0.1, 0.15) is 28.8 Å². The van der Waals surface area contributed by atoms with Crippen LogP contribution >= 0.6 is 0 Å². The second-order valence-electron chi connectivity index (χ2n) is 3.92. The van der Waals surface area contributed by atoms with E-state index in [0.717, 1.165) is 0 Å². The van der Waals surface area contributed by atoms with Crippen molar-refractivity contribution in [2.75, 3.05) is 0 Å². The van der Waals surface area contributed by atoms with Crippen LogP contribution in [0.25, 0.3) is 0 Å². The minimum absolute atomic E-state index is 0.293. The Hall–Kier alpha value is -2.61. The number of nitrogens with one attached hydrogen (secondary N) is 1. The van der Waals surface area contributed by atoms with Gasteiger partial charge in [-0.05, 0) is 37.1 Å². The molecule has 19 heavy (non-hydrogen) atoms. The van der Waals surface area contributed by atoms with Crippen LogP contribution in [0.15, 0.2) is 36.9 Å². The number of rotatable bonds is 6. The molecular weight excluding hydrogens is 244 g/mol. The number of benzene rings is 1. The van der Waals surface area contributed by atoms with Crippen molar-refractivity contribution in [3.05, 3.63) is 48.0 Å². The Kier molecular flexibility index (Phi) is 5.30. The summed E-state index contributed by atoms with van der Waals surface area (Å²) < 4.78 is 0. The van der Waals surface area contributed by atoms with E-state index in [9.17, 15) is 9.59 Å². The van der Waals surface area contributed by atoms with Crippen molar-refractivity contribution in [1.29, 1.82) is 5.26 Å². The number of carboxylic acid groups (broad SMARTS) is 1. The Labute approximate surface area is 111 Å². The highest BCUT2D eigenvalue weighted by atomic mass is 16.4. The quantitative estimate of drug-likeness (QED) is 0.760. The molecule has 2 N–H and O–H groups in total. The highest BCUT2D eigenvalue weighted by molar-refractivity contribution is 5.96. The molecule has 0 saturated carbocycles. The lowest BCUT2D eigenvalue weighted by atomic mass is 10.1. The number of aliphatic carboxylic acids is 1. The number of hydrogen-bond donors (Lipinski definition) is 2. The Balaban J connectivity index is 2.73. The second-order valence-corrected chi connectivity index (χ2v) is 3.92. The molecule has 0 heterocycles. The lowest BCUT2D eigenvalue weighted by Crippen LogP contribution is -2.40. The molecule has 5 heteroatoms. The summed E-state index contributed by atoms with van der Waals surface area (Å²) >= 11 is 0. The maximum Gasteiger partial charge on any atom is 0.326 e. The molecule has 0 radical (unpaired) electrons. The van der Waals surface area contributed by atoms with Gasteiger partial charge in [0.15, 0.2) is 0 Å². The maximum absolute atomic E-state index is 11.8. The van der Waals surface area contributed by atoms with E-state index in [1.807, 2.05) is 6.07 Å². The molecule has 0 fully saturated rings. The van der Waals surface area contributed by atoms with E-state index in [-0.39, 0.29) is 0 Å². The van der Waals surface area contributed by atoms with Crippen LogP contribution in [-0.4, -0.2) is 23.0 Å². The molecule has 0 aliphatic rings. The summed E-state index contributed by atoms with van der Waals surface area (Å²) in [6, 6.07) is 6.99. The van der Waals surface area contributed by atoms with E-state index < -0.39 is 17.9 Å². The van der Waals surface area contributed by atoms with Crippen LogP contribution in [0.3, 0.4) is 0 Å². The van der Waals surface area contributed by atoms with Crippen LogP contribution in [0.5, 0.6) is 0 Å². The lowest BCUT2D eigenvalue weighted by Gasteiger charge is -2.13. The Morgan fingerprint density at radius 1 is 1.42 bits per heavy atom. The first-order chi connectivity index (χ1) is 9.08. The van der Waals surface area contributed by atoms with Gasteiger partial charge < -0.3 is 10.4 Å². The first kappa shape index (κ1) is 14.5. The topological polar surface area (TPSA) is 90.2 Å². The molecule has 0 aliphatic heterocycles. The fourth-order valence-electron chi connectivity index (χ4n) is 1.48. The first-order valence-electron chi connectivity index (χ1n) is 5.73. The van der Waals surface area contributed by atoms with Crippen LogP contribution in [0.2, 0.25) is 0 Å². The summed E-state index contributed by atoms with van der Waals surface area (Å²) in [6.07, 6.45) is 2.40. The number of carboxylic acids is 1. The Morgan fingerprint density at radius 3 is 2.53 bits per heavy atom. The normalized spacial score (nSPS) is 11.1. The van der Waals surface area contributed by atoms with Crippen LogP contribution in [0, 0.1) is 11.3 Å². The van der Waals surface area contributed by atoms with Gasteiger partial charge >= 0.3 is 5.97 Å². The van der Waals surface area contributed by atoms with Gasteiger partial charge in [-0.2, -0.15) is 5.26 Å². The van der Waals surface area contributed by atoms with E-state index in [1.54, 1.807) is 6.08 Å². The summed E-state index contributed by atoms with van der Waals surface area (Å²) in [5.41, 5.74) is 0.766. The molecule has 0 saturated heterocycles. The van der Waals surface area contributed by atoms with E-state index >= 15 is 0 Å². The number of carbonyl (C=O) groups is 2. The fraction of sp³-hybridized carbons (Fsp3) is 0.214. The van der Waals surface area contributed by atoms with Crippen molar-refractivity contribution in [3.8, 4) is 6.07 Å². The number of hydrogen-bond acceptors (Lipinski definition) is 3. The average Bonchev–Trinajstić information content (AvgIpc) is 2.43. The third-order valence-electron chi connectivity index (χ3n) is 2.54. The number of nitrogens with zero attached hydrogens (tertiary/aromatic N) is 1. The molecule has 0 spiro atoms. The van der Waals surface area contributed by atoms with E-state index in [4.69, 9.17) is 10.4 Å². The van der Waals surface area contributed by atoms with Gasteiger partial charge in [0, 0.05) is 5.56 Å². The molecule has 5 nitrogen and oxygen atoms in total. The number of nitriles is 1. The van der Waals surface area contributed by atoms with Crippen molar-refractivity contribution in [1.82, 2.24) is 5.32 Å². The molecule has 0 aliphatic carbocycles. The predicted molar refractivity (Wildman–Crippen MR) is 69.5 cm³/mol. The molecule has 0 unspecified atom stereocenters. The number of amides is 1. The van der Waals surface area contributed by atoms with E-state index in [2.05, 4.69) is 11.9 Å². The monoisotopic (exact) mass is 258 g/mol.